The zero-order valence-corrected chi connectivity index (χ0v) is 10.2. The van der Waals surface area contributed by atoms with E-state index in [1.165, 1.54) is 0 Å². The third kappa shape index (κ3) is 5.04. The number of hydrogen-bond donors (Lipinski definition) is 1. The summed E-state index contributed by atoms with van der Waals surface area (Å²) in [6, 6.07) is 0. The fourth-order valence-corrected chi connectivity index (χ4v) is 1.04. The summed E-state index contributed by atoms with van der Waals surface area (Å²) in [5.41, 5.74) is 0. The van der Waals surface area contributed by atoms with E-state index in [1.54, 1.807) is 11.8 Å². The van der Waals surface area contributed by atoms with Gasteiger partial charge in [0.05, 0.1) is 4.83 Å². The van der Waals surface area contributed by atoms with Crippen LogP contribution in [0.25, 0.3) is 0 Å². The summed E-state index contributed by atoms with van der Waals surface area (Å²) in [4.78, 5) is 11.2. The van der Waals surface area contributed by atoms with Gasteiger partial charge in [0.15, 0.2) is 0 Å². The molecule has 0 aliphatic heterocycles. The number of amides is 1. The molecule has 0 aromatic heterocycles. The standard InChI is InChI=1S/C8H16BrNOS/c1-4-7(9)8(11)10-5-6(2)12-3/h6-7H,4-5H2,1-3H3,(H,10,11). The smallest absolute Gasteiger partial charge is 0.233 e. The Morgan fingerprint density at radius 2 is 2.25 bits per heavy atom. The summed E-state index contributed by atoms with van der Waals surface area (Å²) in [6.45, 7) is 4.83. The van der Waals surface area contributed by atoms with Gasteiger partial charge in [-0.1, -0.05) is 29.8 Å². The number of alkyl halides is 1. The lowest BCUT2D eigenvalue weighted by Crippen LogP contribution is -2.34. The predicted molar refractivity (Wildman–Crippen MR) is 59.0 cm³/mol. The van der Waals surface area contributed by atoms with Crippen molar-refractivity contribution in [2.45, 2.75) is 30.3 Å². The molecule has 0 aliphatic rings. The van der Waals surface area contributed by atoms with Gasteiger partial charge < -0.3 is 5.32 Å². The molecule has 2 unspecified atom stereocenters. The SMILES string of the molecule is CCC(Br)C(=O)NCC(C)SC. The van der Waals surface area contributed by atoms with Gasteiger partial charge in [-0.3, -0.25) is 4.79 Å². The molecule has 0 saturated carbocycles. The first kappa shape index (κ1) is 12.3. The van der Waals surface area contributed by atoms with E-state index in [2.05, 4.69) is 28.2 Å². The molecule has 4 heteroatoms. The second-order valence-electron chi connectivity index (χ2n) is 2.67. The fraction of sp³-hybridized carbons (Fsp3) is 0.875. The average Bonchev–Trinajstić information content (AvgIpc) is 2.11. The lowest BCUT2D eigenvalue weighted by molar-refractivity contribution is -0.120. The fourth-order valence-electron chi connectivity index (χ4n) is 0.624. The van der Waals surface area contributed by atoms with Crippen LogP contribution in [0.15, 0.2) is 0 Å². The molecule has 0 spiro atoms. The lowest BCUT2D eigenvalue weighted by atomic mass is 10.3. The zero-order chi connectivity index (χ0) is 9.56. The van der Waals surface area contributed by atoms with Crippen molar-refractivity contribution >= 4 is 33.6 Å². The molecular formula is C8H16BrNOS. The van der Waals surface area contributed by atoms with Crippen LogP contribution in [0.5, 0.6) is 0 Å². The minimum atomic E-state index is -0.0356. The Kier molecular flexibility index (Phi) is 6.95. The van der Waals surface area contributed by atoms with Crippen LogP contribution in [0.2, 0.25) is 0 Å². The van der Waals surface area contributed by atoms with Crippen molar-refractivity contribution in [1.82, 2.24) is 5.32 Å². The number of hydrogen-bond acceptors (Lipinski definition) is 2. The molecule has 2 atom stereocenters. The van der Waals surface area contributed by atoms with Crippen LogP contribution in [-0.4, -0.2) is 28.8 Å². The van der Waals surface area contributed by atoms with Crippen molar-refractivity contribution in [3.63, 3.8) is 0 Å². The molecular weight excluding hydrogens is 238 g/mol. The first-order valence-electron chi connectivity index (χ1n) is 4.06. The lowest BCUT2D eigenvalue weighted by Gasteiger charge is -2.11. The van der Waals surface area contributed by atoms with Crippen LogP contribution in [0.1, 0.15) is 20.3 Å². The van der Waals surface area contributed by atoms with Crippen LogP contribution in [0.3, 0.4) is 0 Å². The summed E-state index contributed by atoms with van der Waals surface area (Å²) < 4.78 is 0. The van der Waals surface area contributed by atoms with Crippen LogP contribution in [-0.2, 0) is 4.79 Å². The first-order chi connectivity index (χ1) is 5.61. The number of carbonyl (C=O) groups excluding carboxylic acids is 1. The van der Waals surface area contributed by atoms with E-state index in [4.69, 9.17) is 0 Å². The summed E-state index contributed by atoms with van der Waals surface area (Å²) in [7, 11) is 0. The van der Waals surface area contributed by atoms with Gasteiger partial charge in [-0.05, 0) is 12.7 Å². The van der Waals surface area contributed by atoms with Gasteiger partial charge >= 0.3 is 0 Å². The third-order valence-corrected chi connectivity index (χ3v) is 3.64. The first-order valence-corrected chi connectivity index (χ1v) is 6.26. The monoisotopic (exact) mass is 253 g/mol. The number of carbonyl (C=O) groups is 1. The van der Waals surface area contributed by atoms with Gasteiger partial charge in [0, 0.05) is 11.8 Å². The summed E-state index contributed by atoms with van der Waals surface area (Å²) >= 11 is 5.05. The van der Waals surface area contributed by atoms with Gasteiger partial charge in [0.25, 0.3) is 0 Å². The van der Waals surface area contributed by atoms with Gasteiger partial charge in [-0.2, -0.15) is 11.8 Å². The van der Waals surface area contributed by atoms with Crippen molar-refractivity contribution in [3.8, 4) is 0 Å². The minimum Gasteiger partial charge on any atom is -0.354 e. The topological polar surface area (TPSA) is 29.1 Å². The molecule has 0 rings (SSSR count). The Morgan fingerprint density at radius 1 is 1.67 bits per heavy atom. The van der Waals surface area contributed by atoms with E-state index in [0.717, 1.165) is 13.0 Å². The Bertz CT molecular complexity index is 143. The molecule has 12 heavy (non-hydrogen) atoms. The van der Waals surface area contributed by atoms with E-state index >= 15 is 0 Å². The number of nitrogens with one attached hydrogen (secondary N) is 1. The molecule has 2 nitrogen and oxygen atoms in total. The number of thioether (sulfide) groups is 1. The Morgan fingerprint density at radius 3 is 2.67 bits per heavy atom. The van der Waals surface area contributed by atoms with Crippen molar-refractivity contribution in [1.29, 1.82) is 0 Å². The maximum Gasteiger partial charge on any atom is 0.233 e. The molecule has 0 aliphatic carbocycles. The molecule has 72 valence electrons. The second-order valence-corrected chi connectivity index (χ2v) is 5.05. The zero-order valence-electron chi connectivity index (χ0n) is 7.76. The van der Waals surface area contributed by atoms with Gasteiger partial charge in [0.2, 0.25) is 5.91 Å². The highest BCUT2D eigenvalue weighted by Gasteiger charge is 2.11. The molecule has 0 radical (unpaired) electrons. The Hall–Kier alpha value is 0.300. The molecule has 0 saturated heterocycles. The van der Waals surface area contributed by atoms with Gasteiger partial charge in [-0.15, -0.1) is 0 Å². The average molecular weight is 254 g/mol. The molecule has 1 N–H and O–H groups in total. The van der Waals surface area contributed by atoms with E-state index in [1.807, 2.05) is 13.2 Å². The largest absolute Gasteiger partial charge is 0.354 e. The Balaban J connectivity index is 3.56. The molecule has 0 fully saturated rings. The molecule has 0 aromatic rings. The minimum absolute atomic E-state index is 0.0356. The van der Waals surface area contributed by atoms with Crippen molar-refractivity contribution in [3.05, 3.63) is 0 Å². The quantitative estimate of drug-likeness (QED) is 0.760. The maximum atomic E-state index is 11.2. The third-order valence-electron chi connectivity index (χ3n) is 1.61. The van der Waals surface area contributed by atoms with Gasteiger partial charge in [0.1, 0.15) is 0 Å². The highest BCUT2D eigenvalue weighted by molar-refractivity contribution is 9.10. The van der Waals surface area contributed by atoms with Crippen molar-refractivity contribution < 1.29 is 4.79 Å². The summed E-state index contributed by atoms with van der Waals surface area (Å²) in [6.07, 6.45) is 2.88. The maximum absolute atomic E-state index is 11.2. The van der Waals surface area contributed by atoms with Crippen LogP contribution in [0, 0.1) is 0 Å². The highest BCUT2D eigenvalue weighted by Crippen LogP contribution is 2.06. The molecule has 0 aromatic carbocycles. The van der Waals surface area contributed by atoms with E-state index < -0.39 is 0 Å². The molecule has 0 heterocycles. The van der Waals surface area contributed by atoms with Crippen LogP contribution >= 0.6 is 27.7 Å². The number of halogens is 1. The molecule has 0 bridgehead atoms. The van der Waals surface area contributed by atoms with Crippen molar-refractivity contribution in [2.75, 3.05) is 12.8 Å². The predicted octanol–water partition coefficient (Wildman–Crippen LogP) is 2.03. The summed E-state index contributed by atoms with van der Waals surface area (Å²) in [5, 5.41) is 3.37. The van der Waals surface area contributed by atoms with Gasteiger partial charge in [-0.25, -0.2) is 0 Å². The highest BCUT2D eigenvalue weighted by atomic mass is 79.9. The Labute approximate surface area is 87.0 Å². The summed E-state index contributed by atoms with van der Waals surface area (Å²) in [5.74, 6) is 0.0957. The molecule has 1 amide bonds. The van der Waals surface area contributed by atoms with E-state index in [0.29, 0.717) is 5.25 Å². The number of rotatable bonds is 5. The second kappa shape index (κ2) is 6.78. The van der Waals surface area contributed by atoms with E-state index in [9.17, 15) is 4.79 Å². The normalized spacial score (nSPS) is 15.3. The van der Waals surface area contributed by atoms with E-state index in [-0.39, 0.29) is 10.7 Å². The van der Waals surface area contributed by atoms with Crippen LogP contribution < -0.4 is 5.32 Å². The van der Waals surface area contributed by atoms with Crippen molar-refractivity contribution in [2.24, 2.45) is 0 Å². The van der Waals surface area contributed by atoms with Crippen LogP contribution in [0.4, 0.5) is 0 Å².